The molecule has 6 atom stereocenters. The quantitative estimate of drug-likeness (QED) is 0.281. The standard InChI is InChI=1S/C37H44O11/c1-18(2)22-17-20(38)19-11-12-21-23(24(19)43-22)25(44-29(41)36-15-13-34(9,27(39)47-36)32(36,5)6)26(31(3,4)46-21)45-30(42)37-16-14-35(10,28(40)48-37)33(37,7)8/h11-12,17-18,25-26H,13-16H2,1-10H3/t25-,26-,34+,35+,36-,37-/m1/s1. The summed E-state index contributed by atoms with van der Waals surface area (Å²) in [5.41, 5.74) is -8.03. The van der Waals surface area contributed by atoms with Crippen molar-refractivity contribution in [1.82, 2.24) is 0 Å². The zero-order valence-corrected chi connectivity index (χ0v) is 29.3. The van der Waals surface area contributed by atoms with Crippen LogP contribution < -0.4 is 10.2 Å². The lowest BCUT2D eigenvalue weighted by Crippen LogP contribution is -2.57. The Hall–Kier alpha value is -3.89. The van der Waals surface area contributed by atoms with Gasteiger partial charge in [0.05, 0.1) is 21.8 Å². The summed E-state index contributed by atoms with van der Waals surface area (Å²) in [7, 11) is 0. The van der Waals surface area contributed by atoms with Crippen LogP contribution in [0.1, 0.15) is 118 Å². The maximum atomic E-state index is 14.6. The second kappa shape index (κ2) is 9.41. The van der Waals surface area contributed by atoms with Crippen molar-refractivity contribution in [3.05, 3.63) is 39.7 Å². The lowest BCUT2D eigenvalue weighted by Gasteiger charge is -2.45. The minimum atomic E-state index is -1.60. The van der Waals surface area contributed by atoms with Crippen molar-refractivity contribution < 1.29 is 47.3 Å². The lowest BCUT2D eigenvalue weighted by molar-refractivity contribution is -0.217. The molecule has 7 rings (SSSR count). The summed E-state index contributed by atoms with van der Waals surface area (Å²) in [5.74, 6) is -1.99. The molecule has 4 fully saturated rings. The zero-order chi connectivity index (χ0) is 35.2. The molecule has 2 aromatic rings. The number of hydrogen-bond acceptors (Lipinski definition) is 11. The highest BCUT2D eigenvalue weighted by Crippen LogP contribution is 2.67. The third-order valence-electron chi connectivity index (χ3n) is 13.4. The van der Waals surface area contributed by atoms with Gasteiger partial charge in [-0.15, -0.1) is 0 Å². The van der Waals surface area contributed by atoms with E-state index < -0.39 is 74.5 Å². The molecule has 2 saturated carbocycles. The monoisotopic (exact) mass is 664 g/mol. The second-order valence-electron chi connectivity index (χ2n) is 16.7. The average Bonchev–Trinajstić information content (AvgIpc) is 3.46. The molecule has 4 heterocycles. The molecule has 2 aliphatic carbocycles. The molecule has 48 heavy (non-hydrogen) atoms. The molecule has 0 spiro atoms. The highest BCUT2D eigenvalue weighted by molar-refractivity contribution is 5.95. The number of benzene rings is 1. The maximum Gasteiger partial charge on any atom is 0.351 e. The molecule has 258 valence electrons. The highest BCUT2D eigenvalue weighted by Gasteiger charge is 2.78. The molecular weight excluding hydrogens is 620 g/mol. The van der Waals surface area contributed by atoms with E-state index in [4.69, 9.17) is 28.1 Å². The first-order valence-electron chi connectivity index (χ1n) is 16.8. The van der Waals surface area contributed by atoms with Gasteiger partial charge in [-0.1, -0.05) is 41.5 Å². The molecule has 0 amide bonds. The first-order chi connectivity index (χ1) is 22.1. The van der Waals surface area contributed by atoms with Gasteiger partial charge in [-0.3, -0.25) is 14.4 Å². The third kappa shape index (κ3) is 3.63. The normalized spacial score (nSPS) is 36.4. The summed E-state index contributed by atoms with van der Waals surface area (Å²) in [5, 5.41) is 0.225. The van der Waals surface area contributed by atoms with E-state index in [1.807, 2.05) is 41.5 Å². The SMILES string of the molecule is CC(C)c1cc(=O)c2ccc3c(c2o1)[C@@H](OC(=O)[C@@]12CC[C@@](C)(C(=O)O1)C2(C)C)[C@@H](OC(=O)[C@@]12CC[C@@](C)(C(=O)O1)C2(C)C)C(C)(C)O3. The van der Waals surface area contributed by atoms with E-state index in [0.29, 0.717) is 18.6 Å². The van der Waals surface area contributed by atoms with Gasteiger partial charge in [0.2, 0.25) is 11.2 Å². The number of hydrogen-bond donors (Lipinski definition) is 0. The van der Waals surface area contributed by atoms with Crippen molar-refractivity contribution in [3.63, 3.8) is 0 Å². The summed E-state index contributed by atoms with van der Waals surface area (Å²) < 4.78 is 37.3. The van der Waals surface area contributed by atoms with Crippen LogP contribution in [0.5, 0.6) is 5.75 Å². The van der Waals surface area contributed by atoms with Crippen LogP contribution in [0.15, 0.2) is 27.4 Å². The molecule has 4 bridgehead atoms. The van der Waals surface area contributed by atoms with Gasteiger partial charge in [0.15, 0.2) is 17.6 Å². The number of esters is 4. The lowest BCUT2D eigenvalue weighted by atomic mass is 9.66. The van der Waals surface area contributed by atoms with Crippen LogP contribution in [0, 0.1) is 21.7 Å². The Morgan fingerprint density at radius 2 is 1.27 bits per heavy atom. The fourth-order valence-electron chi connectivity index (χ4n) is 8.89. The Kier molecular flexibility index (Phi) is 6.40. The summed E-state index contributed by atoms with van der Waals surface area (Å²) in [4.78, 5) is 68.5. The van der Waals surface area contributed by atoms with Crippen LogP contribution in [0.4, 0.5) is 0 Å². The predicted molar refractivity (Wildman–Crippen MR) is 170 cm³/mol. The van der Waals surface area contributed by atoms with Crippen molar-refractivity contribution in [2.24, 2.45) is 21.7 Å². The largest absolute Gasteiger partial charge is 0.483 e. The molecular formula is C37H44O11. The van der Waals surface area contributed by atoms with Gasteiger partial charge in [0.1, 0.15) is 22.7 Å². The summed E-state index contributed by atoms with van der Waals surface area (Å²) in [6.07, 6.45) is -1.29. The van der Waals surface area contributed by atoms with Gasteiger partial charge in [-0.25, -0.2) is 9.59 Å². The maximum absolute atomic E-state index is 14.6. The number of fused-ring (bicyclic) bond motifs is 7. The molecule has 1 aromatic heterocycles. The van der Waals surface area contributed by atoms with E-state index >= 15 is 0 Å². The van der Waals surface area contributed by atoms with Gasteiger partial charge in [0, 0.05) is 22.8 Å². The number of rotatable bonds is 5. The number of carbonyl (C=O) groups is 4. The fraction of sp³-hybridized carbons (Fsp3) is 0.649. The number of carbonyl (C=O) groups excluding carboxylic acids is 4. The van der Waals surface area contributed by atoms with Crippen LogP contribution in [0.2, 0.25) is 0 Å². The molecule has 2 saturated heterocycles. The third-order valence-corrected chi connectivity index (χ3v) is 13.4. The smallest absolute Gasteiger partial charge is 0.351 e. The van der Waals surface area contributed by atoms with Crippen LogP contribution in [-0.4, -0.2) is 46.8 Å². The summed E-state index contributed by atoms with van der Waals surface area (Å²) >= 11 is 0. The van der Waals surface area contributed by atoms with E-state index in [1.54, 1.807) is 39.8 Å². The van der Waals surface area contributed by atoms with Crippen LogP contribution >= 0.6 is 0 Å². The molecule has 0 unspecified atom stereocenters. The van der Waals surface area contributed by atoms with Crippen LogP contribution in [0.25, 0.3) is 11.0 Å². The average molecular weight is 665 g/mol. The van der Waals surface area contributed by atoms with E-state index in [0.717, 1.165) is 0 Å². The first kappa shape index (κ1) is 32.6. The minimum absolute atomic E-state index is 0.133. The Morgan fingerprint density at radius 1 is 0.750 bits per heavy atom. The van der Waals surface area contributed by atoms with E-state index in [9.17, 15) is 24.0 Å². The Morgan fingerprint density at radius 3 is 1.73 bits per heavy atom. The number of ether oxygens (including phenoxy) is 5. The van der Waals surface area contributed by atoms with Crippen molar-refractivity contribution >= 4 is 34.8 Å². The highest BCUT2D eigenvalue weighted by atomic mass is 16.7. The Labute approximate surface area is 278 Å². The molecule has 5 aliphatic rings. The summed E-state index contributed by atoms with van der Waals surface area (Å²) in [6, 6.07) is 4.63. The van der Waals surface area contributed by atoms with Crippen molar-refractivity contribution in [1.29, 1.82) is 0 Å². The van der Waals surface area contributed by atoms with Gasteiger partial charge < -0.3 is 28.1 Å². The molecule has 1 aromatic carbocycles. The molecule has 11 heteroatoms. The molecule has 11 nitrogen and oxygen atoms in total. The van der Waals surface area contributed by atoms with Gasteiger partial charge >= 0.3 is 23.9 Å². The molecule has 0 radical (unpaired) electrons. The second-order valence-corrected chi connectivity index (χ2v) is 16.7. The van der Waals surface area contributed by atoms with Crippen LogP contribution in [-0.2, 0) is 38.1 Å². The van der Waals surface area contributed by atoms with E-state index in [-0.39, 0.29) is 46.5 Å². The summed E-state index contributed by atoms with van der Waals surface area (Å²) in [6.45, 7) is 18.0. The molecule has 3 aliphatic heterocycles. The molecule has 0 N–H and O–H groups in total. The van der Waals surface area contributed by atoms with Crippen molar-refractivity contribution in [2.45, 2.75) is 130 Å². The van der Waals surface area contributed by atoms with Gasteiger partial charge in [0.25, 0.3) is 0 Å². The van der Waals surface area contributed by atoms with Crippen molar-refractivity contribution in [2.75, 3.05) is 0 Å². The van der Waals surface area contributed by atoms with Crippen LogP contribution in [0.3, 0.4) is 0 Å². The predicted octanol–water partition coefficient (Wildman–Crippen LogP) is 5.83. The zero-order valence-electron chi connectivity index (χ0n) is 29.3. The first-order valence-corrected chi connectivity index (χ1v) is 16.8. The topological polar surface area (TPSA) is 145 Å². The van der Waals surface area contributed by atoms with E-state index in [2.05, 4.69) is 0 Å². The minimum Gasteiger partial charge on any atom is -0.483 e. The Bertz CT molecular complexity index is 1880. The van der Waals surface area contributed by atoms with E-state index in [1.165, 1.54) is 6.07 Å². The van der Waals surface area contributed by atoms with Crippen molar-refractivity contribution in [3.8, 4) is 5.75 Å². The van der Waals surface area contributed by atoms with Gasteiger partial charge in [-0.2, -0.15) is 0 Å². The Balaban J connectivity index is 1.39. The van der Waals surface area contributed by atoms with Gasteiger partial charge in [-0.05, 0) is 65.5 Å². The fourth-order valence-corrected chi connectivity index (χ4v) is 8.89.